The molecule has 0 fully saturated rings. The molecular weight excluding hydrogens is 124 g/mol. The summed E-state index contributed by atoms with van der Waals surface area (Å²) in [5.74, 6) is -0.984. The maximum atomic E-state index is 9.78. The van der Waals surface area contributed by atoms with Crippen LogP contribution in [0.25, 0.3) is 0 Å². The number of aliphatic carboxylic acids is 1. The molecule has 0 spiro atoms. The zero-order chi connectivity index (χ0) is 7.11. The van der Waals surface area contributed by atoms with Crippen molar-refractivity contribution >= 4 is 5.97 Å². The van der Waals surface area contributed by atoms with Crippen molar-refractivity contribution < 1.29 is 19.4 Å². The molecule has 53 valence electrons. The monoisotopic (exact) mass is 133 g/mol. The van der Waals surface area contributed by atoms with Crippen LogP contribution in [0.1, 0.15) is 0 Å². The number of carboxylic acid groups (broad SMARTS) is 1. The van der Waals surface area contributed by atoms with Crippen molar-refractivity contribution in [1.82, 2.24) is 0 Å². The second-order valence-corrected chi connectivity index (χ2v) is 1.33. The number of rotatable bonds is 5. The van der Waals surface area contributed by atoms with E-state index in [0.717, 1.165) is 0 Å². The lowest BCUT2D eigenvalue weighted by atomic mass is 10.7. The van der Waals surface area contributed by atoms with E-state index in [0.29, 0.717) is 6.61 Å². The fourth-order valence-corrected chi connectivity index (χ4v) is 0.246. The van der Waals surface area contributed by atoms with Crippen LogP contribution in [0.3, 0.4) is 0 Å². The van der Waals surface area contributed by atoms with E-state index in [1.54, 1.807) is 0 Å². The Kier molecular flexibility index (Phi) is 5.15. The third kappa shape index (κ3) is 7.39. The quantitative estimate of drug-likeness (QED) is 0.532. The Morgan fingerprint density at radius 3 is 2.89 bits per heavy atom. The highest BCUT2D eigenvalue weighted by Gasteiger charge is 1.94. The van der Waals surface area contributed by atoms with E-state index in [-0.39, 0.29) is 6.61 Å². The van der Waals surface area contributed by atoms with E-state index in [1.165, 1.54) is 13.7 Å². The smallest absolute Gasteiger partial charge is 0.329 e. The van der Waals surface area contributed by atoms with Crippen molar-refractivity contribution in [2.24, 2.45) is 0 Å². The normalized spacial score (nSPS) is 9.44. The molecule has 0 amide bonds. The summed E-state index contributed by atoms with van der Waals surface area (Å²) in [5.41, 5.74) is 0. The van der Waals surface area contributed by atoms with Gasteiger partial charge < -0.3 is 14.6 Å². The van der Waals surface area contributed by atoms with Gasteiger partial charge >= 0.3 is 5.97 Å². The Bertz CT molecular complexity index is 81.0. The summed E-state index contributed by atoms with van der Waals surface area (Å²) < 4.78 is 9.04. The summed E-state index contributed by atoms with van der Waals surface area (Å²) in [4.78, 5) is 9.78. The molecule has 0 aromatic rings. The summed E-state index contributed by atoms with van der Waals surface area (Å²) in [6, 6.07) is 0. The van der Waals surface area contributed by atoms with Crippen molar-refractivity contribution in [3.05, 3.63) is 6.61 Å². The summed E-state index contributed by atoms with van der Waals surface area (Å²) in [5, 5.41) is 8.03. The Morgan fingerprint density at radius 1 is 1.78 bits per heavy atom. The minimum atomic E-state index is -0.984. The highest BCUT2D eigenvalue weighted by Crippen LogP contribution is 1.80. The molecule has 0 heterocycles. The molecule has 0 aliphatic carbocycles. The SMILES string of the molecule is COC[CH]OCC(=O)O. The lowest BCUT2D eigenvalue weighted by molar-refractivity contribution is -0.141. The van der Waals surface area contributed by atoms with Crippen LogP contribution in [0.2, 0.25) is 0 Å². The molecule has 0 rings (SSSR count). The number of ether oxygens (including phenoxy) is 2. The lowest BCUT2D eigenvalue weighted by Gasteiger charge is -1.96. The molecule has 9 heavy (non-hydrogen) atoms. The van der Waals surface area contributed by atoms with Crippen molar-refractivity contribution in [3.63, 3.8) is 0 Å². The predicted octanol–water partition coefficient (Wildman–Crippen LogP) is -0.104. The number of carbonyl (C=O) groups is 1. The minimum Gasteiger partial charge on any atom is -0.480 e. The van der Waals surface area contributed by atoms with Gasteiger partial charge in [-0.2, -0.15) is 0 Å². The number of carboxylic acids is 1. The van der Waals surface area contributed by atoms with Crippen molar-refractivity contribution in [1.29, 1.82) is 0 Å². The van der Waals surface area contributed by atoms with Gasteiger partial charge in [0.15, 0.2) is 0 Å². The second kappa shape index (κ2) is 5.53. The van der Waals surface area contributed by atoms with Gasteiger partial charge in [-0.3, -0.25) is 0 Å². The zero-order valence-electron chi connectivity index (χ0n) is 5.16. The standard InChI is InChI=1S/C5H9O4/c1-8-2-3-9-4-5(6)7/h3H,2,4H2,1H3,(H,6,7). The molecule has 0 bridgehead atoms. The minimum absolute atomic E-state index is 0.302. The van der Waals surface area contributed by atoms with Gasteiger partial charge in [-0.15, -0.1) is 0 Å². The van der Waals surface area contributed by atoms with Crippen molar-refractivity contribution in [3.8, 4) is 0 Å². The van der Waals surface area contributed by atoms with E-state index in [4.69, 9.17) is 5.11 Å². The van der Waals surface area contributed by atoms with Crippen LogP contribution in [-0.2, 0) is 14.3 Å². The van der Waals surface area contributed by atoms with Crippen LogP contribution in [-0.4, -0.2) is 31.4 Å². The molecule has 0 aliphatic heterocycles. The summed E-state index contributed by atoms with van der Waals surface area (Å²) in [6.45, 7) is 1.31. The van der Waals surface area contributed by atoms with Gasteiger partial charge in [-0.1, -0.05) is 0 Å². The van der Waals surface area contributed by atoms with Gasteiger partial charge in [0.05, 0.1) is 6.61 Å². The summed E-state index contributed by atoms with van der Waals surface area (Å²) in [6.07, 6.45) is 0. The number of hydrogen-bond donors (Lipinski definition) is 1. The van der Waals surface area contributed by atoms with Crippen LogP contribution >= 0.6 is 0 Å². The predicted molar refractivity (Wildman–Crippen MR) is 29.8 cm³/mol. The zero-order valence-corrected chi connectivity index (χ0v) is 5.16. The number of methoxy groups -OCH3 is 1. The molecule has 0 aromatic carbocycles. The number of hydrogen-bond acceptors (Lipinski definition) is 3. The fraction of sp³-hybridized carbons (Fsp3) is 0.600. The second-order valence-electron chi connectivity index (χ2n) is 1.33. The molecule has 0 unspecified atom stereocenters. The van der Waals surface area contributed by atoms with Crippen LogP contribution in [0.5, 0.6) is 0 Å². The molecule has 4 heteroatoms. The Hall–Kier alpha value is -0.610. The summed E-state index contributed by atoms with van der Waals surface area (Å²) >= 11 is 0. The van der Waals surface area contributed by atoms with Crippen LogP contribution < -0.4 is 0 Å². The van der Waals surface area contributed by atoms with Gasteiger partial charge in [0, 0.05) is 7.11 Å². The average molecular weight is 133 g/mol. The Labute approximate surface area is 53.4 Å². The molecule has 0 saturated carbocycles. The molecule has 4 nitrogen and oxygen atoms in total. The van der Waals surface area contributed by atoms with Gasteiger partial charge in [0.2, 0.25) is 0 Å². The maximum absolute atomic E-state index is 9.78. The van der Waals surface area contributed by atoms with E-state index in [1.807, 2.05) is 0 Å². The third-order valence-electron chi connectivity index (χ3n) is 0.559. The lowest BCUT2D eigenvalue weighted by Crippen LogP contribution is -2.06. The molecule has 0 aliphatic rings. The van der Waals surface area contributed by atoms with Gasteiger partial charge in [0.1, 0.15) is 13.2 Å². The maximum Gasteiger partial charge on any atom is 0.329 e. The molecule has 1 radical (unpaired) electrons. The van der Waals surface area contributed by atoms with Crippen LogP contribution in [0.4, 0.5) is 0 Å². The first kappa shape index (κ1) is 8.39. The van der Waals surface area contributed by atoms with Crippen molar-refractivity contribution in [2.75, 3.05) is 20.3 Å². The highest BCUT2D eigenvalue weighted by atomic mass is 16.5. The topological polar surface area (TPSA) is 55.8 Å². The van der Waals surface area contributed by atoms with Gasteiger partial charge in [0.25, 0.3) is 0 Å². The molecule has 0 saturated heterocycles. The van der Waals surface area contributed by atoms with Crippen LogP contribution in [0, 0.1) is 6.61 Å². The first-order valence-corrected chi connectivity index (χ1v) is 2.41. The summed E-state index contributed by atoms with van der Waals surface area (Å²) in [7, 11) is 1.50. The molecule has 1 N–H and O–H groups in total. The van der Waals surface area contributed by atoms with E-state index in [2.05, 4.69) is 9.47 Å². The third-order valence-corrected chi connectivity index (χ3v) is 0.559. The first-order valence-electron chi connectivity index (χ1n) is 2.41. The highest BCUT2D eigenvalue weighted by molar-refractivity contribution is 5.68. The fourth-order valence-electron chi connectivity index (χ4n) is 0.246. The largest absolute Gasteiger partial charge is 0.480 e. The molecule has 0 atom stereocenters. The average Bonchev–Trinajstić information content (AvgIpc) is 1.80. The van der Waals surface area contributed by atoms with Gasteiger partial charge in [-0.25, -0.2) is 4.79 Å². The van der Waals surface area contributed by atoms with E-state index < -0.39 is 5.97 Å². The molecular formula is C5H9O4. The van der Waals surface area contributed by atoms with Gasteiger partial charge in [-0.05, 0) is 0 Å². The molecule has 0 aromatic heterocycles. The van der Waals surface area contributed by atoms with Crippen LogP contribution in [0.15, 0.2) is 0 Å². The Morgan fingerprint density at radius 2 is 2.44 bits per heavy atom. The Balaban J connectivity index is 2.83. The van der Waals surface area contributed by atoms with E-state index in [9.17, 15) is 4.79 Å². The van der Waals surface area contributed by atoms with Crippen molar-refractivity contribution in [2.45, 2.75) is 0 Å². The first-order chi connectivity index (χ1) is 4.27. The van der Waals surface area contributed by atoms with E-state index >= 15 is 0 Å².